The van der Waals surface area contributed by atoms with Gasteiger partial charge in [0.15, 0.2) is 5.78 Å². The van der Waals surface area contributed by atoms with E-state index in [1.54, 1.807) is 0 Å². The van der Waals surface area contributed by atoms with Gasteiger partial charge >= 0.3 is 0 Å². The van der Waals surface area contributed by atoms with Crippen LogP contribution in [-0.4, -0.2) is 25.1 Å². The molecule has 1 aromatic carbocycles. The van der Waals surface area contributed by atoms with Crippen molar-refractivity contribution in [3.8, 4) is 5.75 Å². The molecule has 1 saturated carbocycles. The van der Waals surface area contributed by atoms with Gasteiger partial charge in [0.2, 0.25) is 0 Å². The lowest BCUT2D eigenvalue weighted by Gasteiger charge is -2.15. The highest BCUT2D eigenvalue weighted by molar-refractivity contribution is 5.84. The van der Waals surface area contributed by atoms with Crippen molar-refractivity contribution in [2.45, 2.75) is 45.1 Å². The highest BCUT2D eigenvalue weighted by atomic mass is 16.5. The van der Waals surface area contributed by atoms with Crippen LogP contribution in [0.3, 0.4) is 0 Å². The van der Waals surface area contributed by atoms with Crippen molar-refractivity contribution < 1.29 is 14.3 Å². The lowest BCUT2D eigenvalue weighted by molar-refractivity contribution is -0.131. The Kier molecular flexibility index (Phi) is 4.06. The molecule has 0 radical (unpaired) electrons. The molecule has 0 N–H and O–H groups in total. The molecule has 1 unspecified atom stereocenters. The summed E-state index contributed by atoms with van der Waals surface area (Å²) in [5, 5.41) is 0. The Labute approximate surface area is 120 Å². The first-order chi connectivity index (χ1) is 9.78. The lowest BCUT2D eigenvalue weighted by Crippen LogP contribution is -2.26. The molecule has 1 aromatic rings. The highest BCUT2D eigenvalue weighted by Crippen LogP contribution is 2.35. The molecule has 1 atom stereocenters. The van der Waals surface area contributed by atoms with Crippen molar-refractivity contribution in [2.24, 2.45) is 5.92 Å². The number of rotatable bonds is 7. The van der Waals surface area contributed by atoms with E-state index in [4.69, 9.17) is 9.47 Å². The average molecular weight is 274 g/mol. The average Bonchev–Trinajstić information content (AvgIpc) is 3.19. The van der Waals surface area contributed by atoms with Crippen LogP contribution >= 0.6 is 0 Å². The maximum atomic E-state index is 12.3. The Morgan fingerprint density at radius 2 is 2.30 bits per heavy atom. The van der Waals surface area contributed by atoms with Gasteiger partial charge < -0.3 is 9.47 Å². The second-order valence-electron chi connectivity index (χ2n) is 5.72. The SMILES string of the molecule is CCOC(C(=O)CCc1ccc2c(c1)CCO2)C1CC1. The Morgan fingerprint density at radius 3 is 3.05 bits per heavy atom. The van der Waals surface area contributed by atoms with Crippen LogP contribution in [0.15, 0.2) is 18.2 Å². The number of ketones is 1. The molecule has 20 heavy (non-hydrogen) atoms. The first-order valence-corrected chi connectivity index (χ1v) is 7.67. The van der Waals surface area contributed by atoms with Crippen LogP contribution in [0.25, 0.3) is 0 Å². The predicted molar refractivity (Wildman–Crippen MR) is 77.1 cm³/mol. The summed E-state index contributed by atoms with van der Waals surface area (Å²) in [5.41, 5.74) is 2.51. The van der Waals surface area contributed by atoms with E-state index in [2.05, 4.69) is 12.1 Å². The normalized spacial score (nSPS) is 18.4. The molecule has 3 nitrogen and oxygen atoms in total. The zero-order chi connectivity index (χ0) is 13.9. The van der Waals surface area contributed by atoms with E-state index >= 15 is 0 Å². The van der Waals surface area contributed by atoms with E-state index in [0.29, 0.717) is 18.9 Å². The summed E-state index contributed by atoms with van der Waals surface area (Å²) in [7, 11) is 0. The standard InChI is InChI=1S/C17H22O3/c1-2-19-17(13-5-6-13)15(18)7-3-12-4-8-16-14(11-12)9-10-20-16/h4,8,11,13,17H,2-3,5-7,9-10H2,1H3. The second-order valence-corrected chi connectivity index (χ2v) is 5.72. The molecule has 3 heteroatoms. The van der Waals surface area contributed by atoms with Crippen molar-refractivity contribution >= 4 is 5.78 Å². The zero-order valence-electron chi connectivity index (χ0n) is 12.1. The van der Waals surface area contributed by atoms with Gasteiger partial charge in [-0.05, 0) is 49.3 Å². The molecule has 0 amide bonds. The third kappa shape index (κ3) is 3.04. The number of ether oxygens (including phenoxy) is 2. The summed E-state index contributed by atoms with van der Waals surface area (Å²) in [5.74, 6) is 1.76. The number of carbonyl (C=O) groups is 1. The van der Waals surface area contributed by atoms with Crippen LogP contribution in [0.4, 0.5) is 0 Å². The van der Waals surface area contributed by atoms with Crippen molar-refractivity contribution in [3.05, 3.63) is 29.3 Å². The Morgan fingerprint density at radius 1 is 1.45 bits per heavy atom. The number of aryl methyl sites for hydroxylation is 1. The maximum absolute atomic E-state index is 12.3. The minimum Gasteiger partial charge on any atom is -0.493 e. The fourth-order valence-electron chi connectivity index (χ4n) is 2.88. The molecule has 0 saturated heterocycles. The molecule has 1 aliphatic heterocycles. The van der Waals surface area contributed by atoms with Crippen molar-refractivity contribution in [1.29, 1.82) is 0 Å². The third-order valence-corrected chi connectivity index (χ3v) is 4.13. The highest BCUT2D eigenvalue weighted by Gasteiger charge is 2.36. The summed E-state index contributed by atoms with van der Waals surface area (Å²) in [4.78, 5) is 12.3. The van der Waals surface area contributed by atoms with Crippen LogP contribution in [0.2, 0.25) is 0 Å². The summed E-state index contributed by atoms with van der Waals surface area (Å²) in [6.07, 6.45) is 4.51. The predicted octanol–water partition coefficient (Wildman–Crippen LogP) is 2.94. The molecule has 3 rings (SSSR count). The Balaban J connectivity index is 1.57. The summed E-state index contributed by atoms with van der Waals surface area (Å²) in [6, 6.07) is 6.29. The fourth-order valence-corrected chi connectivity index (χ4v) is 2.88. The van der Waals surface area contributed by atoms with Gasteiger partial charge in [0, 0.05) is 19.4 Å². The van der Waals surface area contributed by atoms with Crippen molar-refractivity contribution in [1.82, 2.24) is 0 Å². The van der Waals surface area contributed by atoms with Crippen LogP contribution in [-0.2, 0) is 22.4 Å². The van der Waals surface area contributed by atoms with Gasteiger partial charge in [0.05, 0.1) is 6.61 Å². The van der Waals surface area contributed by atoms with Gasteiger partial charge in [0.1, 0.15) is 11.9 Å². The van der Waals surface area contributed by atoms with Gasteiger partial charge in [-0.2, -0.15) is 0 Å². The van der Waals surface area contributed by atoms with Crippen LogP contribution < -0.4 is 4.74 Å². The fraction of sp³-hybridized carbons (Fsp3) is 0.588. The summed E-state index contributed by atoms with van der Waals surface area (Å²) < 4.78 is 11.1. The summed E-state index contributed by atoms with van der Waals surface area (Å²) >= 11 is 0. The molecule has 1 heterocycles. The van der Waals surface area contributed by atoms with Crippen LogP contribution in [0.5, 0.6) is 5.75 Å². The Bertz CT molecular complexity index is 491. The van der Waals surface area contributed by atoms with E-state index in [-0.39, 0.29) is 11.9 Å². The number of Topliss-reactive ketones (excluding diaryl/α,β-unsaturated/α-hetero) is 1. The van der Waals surface area contributed by atoms with E-state index in [1.807, 2.05) is 13.0 Å². The minimum atomic E-state index is -0.155. The smallest absolute Gasteiger partial charge is 0.162 e. The Hall–Kier alpha value is -1.35. The minimum absolute atomic E-state index is 0.155. The zero-order valence-corrected chi connectivity index (χ0v) is 12.1. The summed E-state index contributed by atoms with van der Waals surface area (Å²) in [6.45, 7) is 3.37. The largest absolute Gasteiger partial charge is 0.493 e. The molecule has 2 aliphatic rings. The topological polar surface area (TPSA) is 35.5 Å². The molecule has 0 bridgehead atoms. The number of carbonyl (C=O) groups excluding carboxylic acids is 1. The third-order valence-electron chi connectivity index (χ3n) is 4.13. The first-order valence-electron chi connectivity index (χ1n) is 7.67. The number of fused-ring (bicyclic) bond motifs is 1. The number of hydrogen-bond donors (Lipinski definition) is 0. The van der Waals surface area contributed by atoms with Gasteiger partial charge in [-0.25, -0.2) is 0 Å². The van der Waals surface area contributed by atoms with E-state index in [9.17, 15) is 4.79 Å². The molecular formula is C17H22O3. The monoisotopic (exact) mass is 274 g/mol. The van der Waals surface area contributed by atoms with Crippen LogP contribution in [0.1, 0.15) is 37.3 Å². The van der Waals surface area contributed by atoms with E-state index in [1.165, 1.54) is 11.1 Å². The lowest BCUT2D eigenvalue weighted by atomic mass is 10.0. The van der Waals surface area contributed by atoms with Crippen molar-refractivity contribution in [3.63, 3.8) is 0 Å². The second kappa shape index (κ2) is 5.96. The van der Waals surface area contributed by atoms with Gasteiger partial charge in [-0.3, -0.25) is 4.79 Å². The molecule has 0 spiro atoms. The first kappa shape index (κ1) is 13.6. The number of benzene rings is 1. The molecule has 1 fully saturated rings. The molecular weight excluding hydrogens is 252 g/mol. The van der Waals surface area contributed by atoms with Gasteiger partial charge in [0.25, 0.3) is 0 Å². The quantitative estimate of drug-likeness (QED) is 0.767. The van der Waals surface area contributed by atoms with Gasteiger partial charge in [-0.1, -0.05) is 12.1 Å². The maximum Gasteiger partial charge on any atom is 0.162 e. The van der Waals surface area contributed by atoms with Gasteiger partial charge in [-0.15, -0.1) is 0 Å². The molecule has 0 aromatic heterocycles. The molecule has 1 aliphatic carbocycles. The van der Waals surface area contributed by atoms with E-state index < -0.39 is 0 Å². The van der Waals surface area contributed by atoms with Crippen LogP contribution in [0, 0.1) is 5.92 Å². The van der Waals surface area contributed by atoms with E-state index in [0.717, 1.165) is 38.0 Å². The molecule has 108 valence electrons. The number of hydrogen-bond acceptors (Lipinski definition) is 3. The van der Waals surface area contributed by atoms with Crippen molar-refractivity contribution in [2.75, 3.05) is 13.2 Å².